The van der Waals surface area contributed by atoms with Gasteiger partial charge in [0.2, 0.25) is 5.91 Å². The maximum absolute atomic E-state index is 10.7. The Hall–Kier alpha value is -1.36. The van der Waals surface area contributed by atoms with Crippen LogP contribution < -0.4 is 10.0 Å². The second-order valence-electron chi connectivity index (χ2n) is 2.52. The predicted octanol–water partition coefficient (Wildman–Crippen LogP) is 0.0820. The topological polar surface area (TPSA) is 63.4 Å². The zero-order valence-electron chi connectivity index (χ0n) is 7.10. The van der Waals surface area contributed by atoms with Crippen molar-refractivity contribution in [3.05, 3.63) is 29.8 Å². The van der Waals surface area contributed by atoms with Crippen molar-refractivity contribution in [3.8, 4) is 0 Å². The molecular formula is C8H10N2O2S. The van der Waals surface area contributed by atoms with Gasteiger partial charge in [-0.15, -0.1) is 0 Å². The van der Waals surface area contributed by atoms with Crippen LogP contribution in [0.3, 0.4) is 0 Å². The number of hydrogen-bond donors (Lipinski definition) is 2. The minimum absolute atomic E-state index is 0.0866. The number of nitrogens with two attached hydrogens (primary N) is 1. The normalized spacial score (nSPS) is 9.62. The van der Waals surface area contributed by atoms with E-state index in [1.165, 1.54) is 4.31 Å². The lowest BCUT2D eigenvalue weighted by molar-refractivity contribution is 0.100. The van der Waals surface area contributed by atoms with Crippen molar-refractivity contribution in [2.45, 2.75) is 0 Å². The molecule has 0 aliphatic heterocycles. The van der Waals surface area contributed by atoms with Crippen LogP contribution in [-0.4, -0.2) is 17.2 Å². The van der Waals surface area contributed by atoms with Gasteiger partial charge in [0.25, 0.3) is 0 Å². The number of primary amides is 1. The first-order valence-corrected chi connectivity index (χ1v) is 4.38. The molecule has 0 radical (unpaired) electrons. The van der Waals surface area contributed by atoms with Crippen LogP contribution in [0.5, 0.6) is 0 Å². The van der Waals surface area contributed by atoms with Gasteiger partial charge in [-0.2, -0.15) is 0 Å². The highest BCUT2D eigenvalue weighted by Crippen LogP contribution is 2.12. The Morgan fingerprint density at radius 1 is 1.38 bits per heavy atom. The molecule has 0 atom stereocenters. The summed E-state index contributed by atoms with van der Waals surface area (Å²) in [5, 5.41) is 0. The van der Waals surface area contributed by atoms with E-state index in [1.807, 2.05) is 0 Å². The monoisotopic (exact) mass is 198 g/mol. The Morgan fingerprint density at radius 3 is 2.31 bits per heavy atom. The Labute approximate surface area is 80.0 Å². The first kappa shape index (κ1) is 9.73. The molecular weight excluding hydrogens is 188 g/mol. The van der Waals surface area contributed by atoms with Crippen molar-refractivity contribution >= 4 is 23.4 Å². The SMILES string of the molecule is CN([SH]=O)c1ccc(C(N)=O)cc1. The van der Waals surface area contributed by atoms with Gasteiger partial charge in [0, 0.05) is 18.3 Å². The minimum Gasteiger partial charge on any atom is -0.366 e. The van der Waals surface area contributed by atoms with Gasteiger partial charge in [-0.1, -0.05) is 0 Å². The lowest BCUT2D eigenvalue weighted by atomic mass is 10.2. The number of amides is 1. The zero-order valence-corrected chi connectivity index (χ0v) is 7.99. The maximum Gasteiger partial charge on any atom is 0.248 e. The first-order chi connectivity index (χ1) is 6.15. The van der Waals surface area contributed by atoms with E-state index in [9.17, 15) is 9.00 Å². The summed E-state index contributed by atoms with van der Waals surface area (Å²) >= 11 is -0.0866. The van der Waals surface area contributed by atoms with Gasteiger partial charge >= 0.3 is 0 Å². The Balaban J connectivity index is 2.93. The lowest BCUT2D eigenvalue weighted by Gasteiger charge is -2.09. The molecule has 0 aliphatic rings. The standard InChI is InChI=1S/C8H10N2O2S/c1-10(13-12)7-4-2-6(3-5-7)8(9)11/h2-5,13H,1H3,(H2,9,11). The van der Waals surface area contributed by atoms with Crippen LogP contribution in [0.15, 0.2) is 24.3 Å². The van der Waals surface area contributed by atoms with Gasteiger partial charge in [0.15, 0.2) is 0 Å². The highest BCUT2D eigenvalue weighted by Gasteiger charge is 2.01. The number of hydrogen-bond acceptors (Lipinski definition) is 2. The Kier molecular flexibility index (Phi) is 3.02. The second kappa shape index (κ2) is 4.04. The maximum atomic E-state index is 10.7. The van der Waals surface area contributed by atoms with Crippen molar-refractivity contribution in [1.82, 2.24) is 0 Å². The van der Waals surface area contributed by atoms with Crippen molar-refractivity contribution in [1.29, 1.82) is 0 Å². The molecule has 1 amide bonds. The highest BCUT2D eigenvalue weighted by molar-refractivity contribution is 7.67. The summed E-state index contributed by atoms with van der Waals surface area (Å²) in [6, 6.07) is 6.56. The molecule has 1 rings (SSSR count). The number of thiol groups is 1. The molecule has 0 spiro atoms. The number of carbonyl (C=O) groups excluding carboxylic acids is 1. The number of anilines is 1. The predicted molar refractivity (Wildman–Crippen MR) is 52.9 cm³/mol. The Morgan fingerprint density at radius 2 is 1.92 bits per heavy atom. The quantitative estimate of drug-likeness (QED) is 0.676. The van der Waals surface area contributed by atoms with Crippen molar-refractivity contribution < 1.29 is 9.00 Å². The molecule has 0 aromatic heterocycles. The summed E-state index contributed by atoms with van der Waals surface area (Å²) in [7, 11) is 1.67. The van der Waals surface area contributed by atoms with Crippen LogP contribution in [0.1, 0.15) is 10.4 Å². The third-order valence-electron chi connectivity index (χ3n) is 1.65. The van der Waals surface area contributed by atoms with E-state index in [4.69, 9.17) is 5.73 Å². The van der Waals surface area contributed by atoms with E-state index < -0.39 is 5.91 Å². The van der Waals surface area contributed by atoms with Crippen LogP contribution in [0, 0.1) is 0 Å². The summed E-state index contributed by atoms with van der Waals surface area (Å²) in [5.74, 6) is -0.464. The minimum atomic E-state index is -0.464. The molecule has 0 saturated heterocycles. The summed E-state index contributed by atoms with van der Waals surface area (Å²) in [5.41, 5.74) is 6.27. The molecule has 70 valence electrons. The van der Waals surface area contributed by atoms with Crippen LogP contribution in [0.2, 0.25) is 0 Å². The molecule has 0 aliphatic carbocycles. The molecule has 2 N–H and O–H groups in total. The summed E-state index contributed by atoms with van der Waals surface area (Å²) in [6.07, 6.45) is 0. The summed E-state index contributed by atoms with van der Waals surface area (Å²) in [4.78, 5) is 10.7. The van der Waals surface area contributed by atoms with Crippen LogP contribution in [-0.2, 0) is 11.9 Å². The van der Waals surface area contributed by atoms with E-state index in [0.29, 0.717) is 5.56 Å². The smallest absolute Gasteiger partial charge is 0.248 e. The molecule has 5 heteroatoms. The van der Waals surface area contributed by atoms with Gasteiger partial charge in [-0.05, 0) is 24.3 Å². The highest BCUT2D eigenvalue weighted by atomic mass is 32.2. The van der Waals surface area contributed by atoms with Crippen LogP contribution in [0.25, 0.3) is 0 Å². The fourth-order valence-electron chi connectivity index (χ4n) is 0.889. The van der Waals surface area contributed by atoms with E-state index >= 15 is 0 Å². The average molecular weight is 198 g/mol. The van der Waals surface area contributed by atoms with E-state index in [2.05, 4.69) is 0 Å². The second-order valence-corrected chi connectivity index (χ2v) is 3.28. The van der Waals surface area contributed by atoms with Gasteiger partial charge in [-0.25, -0.2) is 4.21 Å². The van der Waals surface area contributed by atoms with E-state index in [1.54, 1.807) is 31.3 Å². The van der Waals surface area contributed by atoms with Gasteiger partial charge < -0.3 is 5.73 Å². The molecule has 0 unspecified atom stereocenters. The van der Waals surface area contributed by atoms with E-state index in [0.717, 1.165) is 5.69 Å². The van der Waals surface area contributed by atoms with Crippen molar-refractivity contribution in [2.75, 3.05) is 11.4 Å². The molecule has 0 saturated carbocycles. The Bertz CT molecular complexity index is 323. The zero-order chi connectivity index (χ0) is 9.84. The molecule has 1 aromatic carbocycles. The van der Waals surface area contributed by atoms with Crippen molar-refractivity contribution in [3.63, 3.8) is 0 Å². The number of rotatable bonds is 3. The van der Waals surface area contributed by atoms with Crippen molar-refractivity contribution in [2.24, 2.45) is 5.73 Å². The van der Waals surface area contributed by atoms with Crippen LogP contribution in [0.4, 0.5) is 5.69 Å². The fourth-order valence-corrected chi connectivity index (χ4v) is 1.12. The average Bonchev–Trinajstić information content (AvgIpc) is 2.17. The molecule has 13 heavy (non-hydrogen) atoms. The molecule has 4 nitrogen and oxygen atoms in total. The number of carbonyl (C=O) groups is 1. The van der Waals surface area contributed by atoms with Gasteiger partial charge in [-0.3, -0.25) is 9.10 Å². The largest absolute Gasteiger partial charge is 0.366 e. The van der Waals surface area contributed by atoms with Gasteiger partial charge in [0.05, 0.1) is 0 Å². The third kappa shape index (κ3) is 2.29. The first-order valence-electron chi connectivity index (χ1n) is 3.62. The number of benzene rings is 1. The summed E-state index contributed by atoms with van der Waals surface area (Å²) in [6.45, 7) is 0. The molecule has 0 fully saturated rings. The number of nitrogens with zero attached hydrogens (tertiary/aromatic N) is 1. The molecule has 0 bridgehead atoms. The molecule has 0 heterocycles. The van der Waals surface area contributed by atoms with Gasteiger partial charge in [0.1, 0.15) is 11.9 Å². The molecule has 1 aromatic rings. The third-order valence-corrected chi connectivity index (χ3v) is 2.12. The fraction of sp³-hybridized carbons (Fsp3) is 0.125. The van der Waals surface area contributed by atoms with Crippen LogP contribution >= 0.6 is 0 Å². The summed E-state index contributed by atoms with van der Waals surface area (Å²) < 4.78 is 12.0. The lowest BCUT2D eigenvalue weighted by Crippen LogP contribution is -2.12. The van der Waals surface area contributed by atoms with E-state index in [-0.39, 0.29) is 11.9 Å².